The Hall–Kier alpha value is -0.770. The summed E-state index contributed by atoms with van der Waals surface area (Å²) >= 11 is 0. The van der Waals surface area contributed by atoms with Gasteiger partial charge >= 0.3 is 6.09 Å². The summed E-state index contributed by atoms with van der Waals surface area (Å²) in [6.45, 7) is 3.26. The summed E-state index contributed by atoms with van der Waals surface area (Å²) < 4.78 is 4.31. The van der Waals surface area contributed by atoms with E-state index >= 15 is 0 Å². The predicted molar refractivity (Wildman–Crippen MR) is 47.5 cm³/mol. The minimum atomic E-state index is -0.407. The van der Waals surface area contributed by atoms with E-state index in [1.54, 1.807) is 0 Å². The average Bonchev–Trinajstić information content (AvgIpc) is 1.89. The minimum absolute atomic E-state index is 0. The summed E-state index contributed by atoms with van der Waals surface area (Å²) in [5.41, 5.74) is 0. The van der Waals surface area contributed by atoms with E-state index in [0.29, 0.717) is 6.67 Å². The van der Waals surface area contributed by atoms with Gasteiger partial charge in [-0.3, -0.25) is 0 Å². The summed E-state index contributed by atoms with van der Waals surface area (Å²) in [6.07, 6.45) is -0.407. The molecule has 0 spiro atoms. The van der Waals surface area contributed by atoms with Gasteiger partial charge < -0.3 is 15.4 Å². The maximum atomic E-state index is 10.3. The van der Waals surface area contributed by atoms with Crippen molar-refractivity contribution >= 4 is 6.09 Å². The van der Waals surface area contributed by atoms with Crippen molar-refractivity contribution in [3.63, 3.8) is 0 Å². The Bertz CT molecular complexity index is 86.5. The van der Waals surface area contributed by atoms with Crippen molar-refractivity contribution in [2.75, 3.05) is 20.3 Å². The maximum Gasteiger partial charge on any atom is 0.407 e. The number of methoxy groups -OCH3 is 1. The first-order chi connectivity index (χ1) is 4.31. The monoisotopic (exact) mass is 164 g/mol. The summed E-state index contributed by atoms with van der Waals surface area (Å²) in [4.78, 5) is 10.3. The van der Waals surface area contributed by atoms with Gasteiger partial charge in [0, 0.05) is 0 Å². The maximum absolute atomic E-state index is 10.3. The SMILES string of the molecule is C.C.CCNCNC(=O)OC. The molecule has 2 N–H and O–H groups in total. The third kappa shape index (κ3) is 12.4. The molecule has 0 aliphatic rings. The van der Waals surface area contributed by atoms with Crippen molar-refractivity contribution in [1.29, 1.82) is 0 Å². The van der Waals surface area contributed by atoms with E-state index in [9.17, 15) is 4.79 Å². The van der Waals surface area contributed by atoms with Crippen LogP contribution in [0.5, 0.6) is 0 Å². The van der Waals surface area contributed by atoms with Gasteiger partial charge in [-0.1, -0.05) is 21.8 Å². The molecular weight excluding hydrogens is 144 g/mol. The second kappa shape index (κ2) is 12.0. The van der Waals surface area contributed by atoms with Gasteiger partial charge in [-0.05, 0) is 6.54 Å². The van der Waals surface area contributed by atoms with E-state index in [0.717, 1.165) is 6.54 Å². The van der Waals surface area contributed by atoms with E-state index in [-0.39, 0.29) is 14.9 Å². The summed E-state index contributed by atoms with van der Waals surface area (Å²) in [5.74, 6) is 0. The normalized spacial score (nSPS) is 7.09. The second-order valence-corrected chi connectivity index (χ2v) is 1.45. The second-order valence-electron chi connectivity index (χ2n) is 1.45. The molecule has 0 aromatic rings. The Balaban J connectivity index is -0.000000320. The van der Waals surface area contributed by atoms with Crippen LogP contribution >= 0.6 is 0 Å². The lowest BCUT2D eigenvalue weighted by Gasteiger charge is -2.01. The van der Waals surface area contributed by atoms with Crippen molar-refractivity contribution < 1.29 is 9.53 Å². The molecule has 0 heterocycles. The third-order valence-corrected chi connectivity index (χ3v) is 0.793. The van der Waals surface area contributed by atoms with Gasteiger partial charge in [0.15, 0.2) is 0 Å². The number of carbonyl (C=O) groups is 1. The highest BCUT2D eigenvalue weighted by molar-refractivity contribution is 5.66. The van der Waals surface area contributed by atoms with E-state index < -0.39 is 6.09 Å². The van der Waals surface area contributed by atoms with Crippen LogP contribution in [0.1, 0.15) is 21.8 Å². The molecule has 0 bridgehead atoms. The molecule has 11 heavy (non-hydrogen) atoms. The number of amides is 1. The molecule has 0 aliphatic carbocycles. The molecule has 0 aromatic carbocycles. The Morgan fingerprint density at radius 3 is 2.36 bits per heavy atom. The fourth-order valence-electron chi connectivity index (χ4n) is 0.332. The molecule has 4 heteroatoms. The molecule has 0 saturated heterocycles. The Morgan fingerprint density at radius 2 is 2.00 bits per heavy atom. The summed E-state index contributed by atoms with van der Waals surface area (Å²) in [7, 11) is 1.33. The molecule has 0 aromatic heterocycles. The molecule has 4 nitrogen and oxygen atoms in total. The first-order valence-corrected chi connectivity index (χ1v) is 2.83. The first-order valence-electron chi connectivity index (χ1n) is 2.83. The van der Waals surface area contributed by atoms with Crippen LogP contribution < -0.4 is 10.6 Å². The van der Waals surface area contributed by atoms with E-state index in [1.807, 2.05) is 6.92 Å². The first kappa shape index (κ1) is 16.7. The smallest absolute Gasteiger partial charge is 0.407 e. The van der Waals surface area contributed by atoms with Crippen LogP contribution in [0.2, 0.25) is 0 Å². The number of ether oxygens (including phenoxy) is 1. The van der Waals surface area contributed by atoms with Gasteiger partial charge in [0.05, 0.1) is 13.8 Å². The fraction of sp³-hybridized carbons (Fsp3) is 0.857. The summed E-state index contributed by atoms with van der Waals surface area (Å²) in [6, 6.07) is 0. The molecule has 0 saturated carbocycles. The minimum Gasteiger partial charge on any atom is -0.453 e. The van der Waals surface area contributed by atoms with Crippen molar-refractivity contribution in [1.82, 2.24) is 10.6 Å². The van der Waals surface area contributed by atoms with Crippen molar-refractivity contribution in [2.24, 2.45) is 0 Å². The van der Waals surface area contributed by atoms with Gasteiger partial charge in [-0.2, -0.15) is 0 Å². The molecular formula is C7H20N2O2. The number of hydrogen-bond donors (Lipinski definition) is 2. The fourth-order valence-corrected chi connectivity index (χ4v) is 0.332. The predicted octanol–water partition coefficient (Wildman–Crippen LogP) is 1.18. The molecule has 0 rings (SSSR count). The third-order valence-electron chi connectivity index (χ3n) is 0.793. The molecule has 0 atom stereocenters. The zero-order chi connectivity index (χ0) is 7.11. The highest BCUT2D eigenvalue weighted by atomic mass is 16.5. The van der Waals surface area contributed by atoms with Crippen LogP contribution in [0.4, 0.5) is 4.79 Å². The molecule has 0 radical (unpaired) electrons. The zero-order valence-corrected chi connectivity index (χ0v) is 5.73. The van der Waals surface area contributed by atoms with E-state index in [1.165, 1.54) is 7.11 Å². The lowest BCUT2D eigenvalue weighted by atomic mass is 10.7. The van der Waals surface area contributed by atoms with Crippen LogP contribution in [-0.2, 0) is 4.74 Å². The zero-order valence-electron chi connectivity index (χ0n) is 5.73. The number of alkyl carbamates (subject to hydrolysis) is 1. The van der Waals surface area contributed by atoms with Gasteiger partial charge in [0.2, 0.25) is 0 Å². The van der Waals surface area contributed by atoms with Gasteiger partial charge in [-0.25, -0.2) is 4.79 Å². The quantitative estimate of drug-likeness (QED) is 0.486. The Kier molecular flexibility index (Phi) is 18.1. The van der Waals surface area contributed by atoms with Gasteiger partial charge in [0.1, 0.15) is 0 Å². The number of nitrogens with one attached hydrogen (secondary N) is 2. The lowest BCUT2D eigenvalue weighted by Crippen LogP contribution is -2.33. The number of carbonyl (C=O) groups excluding carboxylic acids is 1. The molecule has 70 valence electrons. The van der Waals surface area contributed by atoms with Gasteiger partial charge in [-0.15, -0.1) is 0 Å². The van der Waals surface area contributed by atoms with Crippen LogP contribution in [-0.4, -0.2) is 26.4 Å². The average molecular weight is 164 g/mol. The van der Waals surface area contributed by atoms with Crippen molar-refractivity contribution in [2.45, 2.75) is 21.8 Å². The van der Waals surface area contributed by atoms with Crippen LogP contribution in [0.3, 0.4) is 0 Å². The van der Waals surface area contributed by atoms with Crippen LogP contribution in [0, 0.1) is 0 Å². The molecule has 0 unspecified atom stereocenters. The number of hydrogen-bond acceptors (Lipinski definition) is 3. The van der Waals surface area contributed by atoms with Crippen LogP contribution in [0.15, 0.2) is 0 Å². The Labute approximate surface area is 69.3 Å². The lowest BCUT2D eigenvalue weighted by molar-refractivity contribution is 0.170. The van der Waals surface area contributed by atoms with Crippen molar-refractivity contribution in [3.8, 4) is 0 Å². The van der Waals surface area contributed by atoms with E-state index in [4.69, 9.17) is 0 Å². The Morgan fingerprint density at radius 1 is 1.45 bits per heavy atom. The molecule has 0 aliphatic heterocycles. The van der Waals surface area contributed by atoms with E-state index in [2.05, 4.69) is 15.4 Å². The molecule has 0 fully saturated rings. The standard InChI is InChI=1S/C5H12N2O2.2CH4/c1-3-6-4-7-5(8)9-2;;/h6H,3-4H2,1-2H3,(H,7,8);2*1H4. The van der Waals surface area contributed by atoms with Crippen LogP contribution in [0.25, 0.3) is 0 Å². The van der Waals surface area contributed by atoms with Crippen molar-refractivity contribution in [3.05, 3.63) is 0 Å². The largest absolute Gasteiger partial charge is 0.453 e. The topological polar surface area (TPSA) is 50.4 Å². The number of rotatable bonds is 3. The highest BCUT2D eigenvalue weighted by Crippen LogP contribution is 1.66. The highest BCUT2D eigenvalue weighted by Gasteiger charge is 1.92. The van der Waals surface area contributed by atoms with Gasteiger partial charge in [0.25, 0.3) is 0 Å². The summed E-state index contributed by atoms with van der Waals surface area (Å²) in [5, 5.41) is 5.36. The molecule has 1 amide bonds.